The Bertz CT molecular complexity index is 705. The van der Waals surface area contributed by atoms with Gasteiger partial charge in [0.2, 0.25) is 0 Å². The van der Waals surface area contributed by atoms with Gasteiger partial charge >= 0.3 is 0 Å². The maximum Gasteiger partial charge on any atom is 0.274 e. The third kappa shape index (κ3) is 5.00. The first-order valence-corrected chi connectivity index (χ1v) is 8.58. The zero-order valence-electron chi connectivity index (χ0n) is 14.6. The van der Waals surface area contributed by atoms with Gasteiger partial charge in [-0.1, -0.05) is 0 Å². The van der Waals surface area contributed by atoms with E-state index < -0.39 is 0 Å². The van der Waals surface area contributed by atoms with Gasteiger partial charge in [0.1, 0.15) is 23.9 Å². The molecule has 1 aromatic carbocycles. The smallest absolute Gasteiger partial charge is 0.274 e. The van der Waals surface area contributed by atoms with Crippen LogP contribution in [0.2, 0.25) is 0 Å². The van der Waals surface area contributed by atoms with E-state index in [0.29, 0.717) is 23.8 Å². The van der Waals surface area contributed by atoms with Crippen molar-refractivity contribution < 1.29 is 14.3 Å². The summed E-state index contributed by atoms with van der Waals surface area (Å²) in [6, 6.07) is 8.99. The molecule has 0 saturated carbocycles. The molecular weight excluding hydrogens is 318 g/mol. The molecule has 0 spiro atoms. The maximum atomic E-state index is 12.3. The number of amides is 1. The second-order valence-corrected chi connectivity index (χ2v) is 6.22. The van der Waals surface area contributed by atoms with Gasteiger partial charge in [-0.15, -0.1) is 0 Å². The van der Waals surface area contributed by atoms with Crippen LogP contribution in [0.4, 0.5) is 5.69 Å². The molecular formula is C19H23N3O3. The summed E-state index contributed by atoms with van der Waals surface area (Å²) in [4.78, 5) is 20.6. The fraction of sp³-hybridized carbons (Fsp3) is 0.421. The molecule has 1 aliphatic heterocycles. The van der Waals surface area contributed by atoms with Gasteiger partial charge in [0.25, 0.3) is 5.91 Å². The zero-order chi connectivity index (χ0) is 17.6. The van der Waals surface area contributed by atoms with E-state index in [-0.39, 0.29) is 12.0 Å². The van der Waals surface area contributed by atoms with Gasteiger partial charge in [-0.2, -0.15) is 0 Å². The topological polar surface area (TPSA) is 73.3 Å². The van der Waals surface area contributed by atoms with Crippen LogP contribution in [0.15, 0.2) is 30.3 Å². The van der Waals surface area contributed by atoms with Crippen molar-refractivity contribution in [2.45, 2.75) is 39.2 Å². The lowest BCUT2D eigenvalue weighted by Gasteiger charge is -2.22. The first-order valence-electron chi connectivity index (χ1n) is 8.58. The summed E-state index contributed by atoms with van der Waals surface area (Å²) < 4.78 is 11.4. The number of nitrogens with zero attached hydrogens (tertiary/aromatic N) is 2. The fourth-order valence-corrected chi connectivity index (χ4v) is 2.79. The Kier molecular flexibility index (Phi) is 5.60. The molecule has 1 fully saturated rings. The SMILES string of the molecule is Cc1cc(C(=O)Nc2ccc(OCC3CCCCO3)cc2)nc(C)n1. The third-order valence-electron chi connectivity index (χ3n) is 4.02. The maximum absolute atomic E-state index is 12.3. The predicted octanol–water partition coefficient (Wildman–Crippen LogP) is 3.29. The van der Waals surface area contributed by atoms with E-state index in [0.717, 1.165) is 30.9 Å². The van der Waals surface area contributed by atoms with Crippen molar-refractivity contribution in [1.82, 2.24) is 9.97 Å². The molecule has 6 heteroatoms. The number of ether oxygens (including phenoxy) is 2. The lowest BCUT2D eigenvalue weighted by atomic mass is 10.1. The number of hydrogen-bond acceptors (Lipinski definition) is 5. The van der Waals surface area contributed by atoms with Crippen LogP contribution in [0.25, 0.3) is 0 Å². The summed E-state index contributed by atoms with van der Waals surface area (Å²) in [5.41, 5.74) is 1.83. The number of benzene rings is 1. The molecule has 0 radical (unpaired) electrons. The monoisotopic (exact) mass is 341 g/mol. The predicted molar refractivity (Wildman–Crippen MR) is 95.0 cm³/mol. The lowest BCUT2D eigenvalue weighted by Crippen LogP contribution is -2.25. The standard InChI is InChI=1S/C19H23N3O3/c1-13-11-18(21-14(2)20-13)19(23)22-15-6-8-16(9-7-15)25-12-17-5-3-4-10-24-17/h6-9,11,17H,3-5,10,12H2,1-2H3,(H,22,23). The van der Waals surface area contributed by atoms with E-state index in [1.807, 2.05) is 31.2 Å². The molecule has 25 heavy (non-hydrogen) atoms. The van der Waals surface area contributed by atoms with Gasteiger partial charge in [-0.25, -0.2) is 9.97 Å². The number of aryl methyl sites for hydroxylation is 2. The number of nitrogens with one attached hydrogen (secondary N) is 1. The van der Waals surface area contributed by atoms with Crippen molar-refractivity contribution in [3.05, 3.63) is 47.5 Å². The van der Waals surface area contributed by atoms with Gasteiger partial charge in [-0.05, 0) is 63.4 Å². The number of aromatic nitrogens is 2. The van der Waals surface area contributed by atoms with Crippen LogP contribution in [0, 0.1) is 13.8 Å². The van der Waals surface area contributed by atoms with Crippen molar-refractivity contribution in [2.24, 2.45) is 0 Å². The molecule has 1 aliphatic rings. The summed E-state index contributed by atoms with van der Waals surface area (Å²) in [6.07, 6.45) is 3.56. The highest BCUT2D eigenvalue weighted by molar-refractivity contribution is 6.02. The second kappa shape index (κ2) is 8.07. The van der Waals surface area contributed by atoms with Gasteiger partial charge in [-0.3, -0.25) is 4.79 Å². The average Bonchev–Trinajstić information content (AvgIpc) is 2.61. The van der Waals surface area contributed by atoms with Gasteiger partial charge in [0, 0.05) is 18.0 Å². The first-order chi connectivity index (χ1) is 12.1. The molecule has 1 N–H and O–H groups in total. The van der Waals surface area contributed by atoms with Crippen molar-refractivity contribution >= 4 is 11.6 Å². The Balaban J connectivity index is 1.55. The number of anilines is 1. The lowest BCUT2D eigenvalue weighted by molar-refractivity contribution is -0.0110. The summed E-state index contributed by atoms with van der Waals surface area (Å²) in [5.74, 6) is 1.10. The Morgan fingerprint density at radius 2 is 2.04 bits per heavy atom. The van der Waals surface area contributed by atoms with E-state index in [9.17, 15) is 4.79 Å². The summed E-state index contributed by atoms with van der Waals surface area (Å²) in [6.45, 7) is 4.99. The minimum atomic E-state index is -0.252. The highest BCUT2D eigenvalue weighted by atomic mass is 16.5. The number of carbonyl (C=O) groups is 1. The highest BCUT2D eigenvalue weighted by Crippen LogP contribution is 2.19. The van der Waals surface area contributed by atoms with Crippen molar-refractivity contribution in [2.75, 3.05) is 18.5 Å². The molecule has 1 aromatic heterocycles. The number of rotatable bonds is 5. The molecule has 132 valence electrons. The molecule has 6 nitrogen and oxygen atoms in total. The average molecular weight is 341 g/mol. The first kappa shape index (κ1) is 17.4. The molecule has 2 aromatic rings. The van der Waals surface area contributed by atoms with Crippen molar-refractivity contribution in [3.63, 3.8) is 0 Å². The van der Waals surface area contributed by atoms with E-state index in [2.05, 4.69) is 15.3 Å². The van der Waals surface area contributed by atoms with E-state index in [4.69, 9.17) is 9.47 Å². The van der Waals surface area contributed by atoms with Crippen LogP contribution >= 0.6 is 0 Å². The van der Waals surface area contributed by atoms with Gasteiger partial charge < -0.3 is 14.8 Å². The Morgan fingerprint density at radius 3 is 2.72 bits per heavy atom. The van der Waals surface area contributed by atoms with Crippen LogP contribution in [0.5, 0.6) is 5.75 Å². The largest absolute Gasteiger partial charge is 0.491 e. The fourth-order valence-electron chi connectivity index (χ4n) is 2.79. The molecule has 2 heterocycles. The third-order valence-corrected chi connectivity index (χ3v) is 4.02. The molecule has 0 bridgehead atoms. The quantitative estimate of drug-likeness (QED) is 0.903. The van der Waals surface area contributed by atoms with E-state index in [1.165, 1.54) is 6.42 Å². The van der Waals surface area contributed by atoms with Gasteiger partial charge in [0.15, 0.2) is 0 Å². The molecule has 1 saturated heterocycles. The van der Waals surface area contributed by atoms with Crippen molar-refractivity contribution in [3.8, 4) is 5.75 Å². The number of hydrogen-bond donors (Lipinski definition) is 1. The molecule has 1 amide bonds. The summed E-state index contributed by atoms with van der Waals surface area (Å²) >= 11 is 0. The summed E-state index contributed by atoms with van der Waals surface area (Å²) in [5, 5.41) is 2.84. The Morgan fingerprint density at radius 1 is 1.24 bits per heavy atom. The highest BCUT2D eigenvalue weighted by Gasteiger charge is 2.14. The number of carbonyl (C=O) groups excluding carboxylic acids is 1. The minimum Gasteiger partial charge on any atom is -0.491 e. The van der Waals surface area contributed by atoms with Crippen LogP contribution < -0.4 is 10.1 Å². The molecule has 1 unspecified atom stereocenters. The second-order valence-electron chi connectivity index (χ2n) is 6.22. The molecule has 1 atom stereocenters. The Hall–Kier alpha value is -2.47. The Labute approximate surface area is 147 Å². The van der Waals surface area contributed by atoms with E-state index in [1.54, 1.807) is 13.0 Å². The molecule has 0 aliphatic carbocycles. The van der Waals surface area contributed by atoms with Crippen LogP contribution in [-0.4, -0.2) is 35.2 Å². The summed E-state index contributed by atoms with van der Waals surface area (Å²) in [7, 11) is 0. The van der Waals surface area contributed by atoms with Gasteiger partial charge in [0.05, 0.1) is 6.10 Å². The minimum absolute atomic E-state index is 0.178. The van der Waals surface area contributed by atoms with Crippen molar-refractivity contribution in [1.29, 1.82) is 0 Å². The van der Waals surface area contributed by atoms with Crippen LogP contribution in [-0.2, 0) is 4.74 Å². The zero-order valence-corrected chi connectivity index (χ0v) is 14.6. The molecule has 3 rings (SSSR count). The van der Waals surface area contributed by atoms with E-state index >= 15 is 0 Å². The normalized spacial score (nSPS) is 17.1. The van der Waals surface area contributed by atoms with Crippen LogP contribution in [0.1, 0.15) is 41.3 Å². The van der Waals surface area contributed by atoms with Crippen LogP contribution in [0.3, 0.4) is 0 Å².